The molecule has 0 spiro atoms. The number of Topliss-reactive ketones (excluding diaryl/α,β-unsaturated/α-hetero) is 1. The van der Waals surface area contributed by atoms with Crippen LogP contribution in [0.2, 0.25) is 0 Å². The summed E-state index contributed by atoms with van der Waals surface area (Å²) in [6.45, 7) is 7.87. The number of carbonyl (C=O) groups is 1. The maximum absolute atomic E-state index is 11.1. The molecule has 1 aromatic carbocycles. The molecule has 1 aliphatic rings. The average molecular weight is 238 g/mol. The predicted molar refractivity (Wildman–Crippen MR) is 74.9 cm³/mol. The van der Waals surface area contributed by atoms with E-state index in [4.69, 9.17) is 0 Å². The number of hydrogen-bond donors (Lipinski definition) is 0. The van der Waals surface area contributed by atoms with Crippen LogP contribution in [0.4, 0.5) is 0 Å². The topological polar surface area (TPSA) is 48.6 Å². The maximum Gasteiger partial charge on any atom is 0.159 e. The summed E-state index contributed by atoms with van der Waals surface area (Å²) in [7, 11) is 0. The van der Waals surface area contributed by atoms with Crippen molar-refractivity contribution in [2.45, 2.75) is 53.9 Å². The lowest BCUT2D eigenvalue weighted by atomic mass is 10.0. The van der Waals surface area contributed by atoms with E-state index in [1.54, 1.807) is 6.92 Å². The fourth-order valence-corrected chi connectivity index (χ4v) is 2.05. The van der Waals surface area contributed by atoms with Gasteiger partial charge in [0.2, 0.25) is 0 Å². The molecule has 1 atom stereocenters. The first-order chi connectivity index (χ1) is 7.18. The van der Waals surface area contributed by atoms with Gasteiger partial charge in [-0.3, -0.25) is 4.79 Å². The number of fused-ring (bicyclic) bond motifs is 1. The van der Waals surface area contributed by atoms with Gasteiger partial charge < -0.3 is 5.48 Å². The lowest BCUT2D eigenvalue weighted by Gasteiger charge is -2.04. The normalized spacial score (nSPS) is 15.6. The first kappa shape index (κ1) is 18.2. The maximum atomic E-state index is 11.1. The average Bonchev–Trinajstić information content (AvgIpc) is 2.63. The molecule has 1 aromatic rings. The van der Waals surface area contributed by atoms with Crippen LogP contribution in [0.1, 0.15) is 68.9 Å². The molecular weight excluding hydrogens is 212 g/mol. The molecule has 0 aromatic heterocycles. The first-order valence-electron chi connectivity index (χ1n) is 5.82. The van der Waals surface area contributed by atoms with Crippen molar-refractivity contribution in [3.8, 4) is 0 Å². The van der Waals surface area contributed by atoms with Gasteiger partial charge in [-0.2, -0.15) is 0 Å². The van der Waals surface area contributed by atoms with Crippen LogP contribution in [-0.2, 0) is 6.42 Å². The van der Waals surface area contributed by atoms with Crippen LogP contribution < -0.4 is 0 Å². The van der Waals surface area contributed by atoms with Gasteiger partial charge in [0.05, 0.1) is 0 Å². The van der Waals surface area contributed by atoms with Crippen LogP contribution in [0.5, 0.6) is 0 Å². The van der Waals surface area contributed by atoms with E-state index in [1.807, 2.05) is 19.9 Å². The van der Waals surface area contributed by atoms with Crippen molar-refractivity contribution in [3.63, 3.8) is 0 Å². The number of carbonyl (C=O) groups excluding carboxylic acids is 1. The highest BCUT2D eigenvalue weighted by Gasteiger charge is 2.18. The Morgan fingerprint density at radius 3 is 2.41 bits per heavy atom. The van der Waals surface area contributed by atoms with E-state index in [1.165, 1.54) is 17.5 Å². The van der Waals surface area contributed by atoms with E-state index in [0.29, 0.717) is 5.92 Å². The summed E-state index contributed by atoms with van der Waals surface area (Å²) in [6.07, 6.45) is 2.37. The molecule has 0 aliphatic heterocycles. The van der Waals surface area contributed by atoms with Gasteiger partial charge in [0.15, 0.2) is 5.78 Å². The monoisotopic (exact) mass is 238 g/mol. The van der Waals surface area contributed by atoms with Crippen molar-refractivity contribution >= 4 is 5.78 Å². The van der Waals surface area contributed by atoms with Crippen LogP contribution >= 0.6 is 0 Å². The summed E-state index contributed by atoms with van der Waals surface area (Å²) in [5.74, 6) is 0.846. The standard InChI is InChI=1S/C12H14O.C2H6.CH4.H2O/c1-8-3-4-11-7-10(9(2)13)5-6-12(8)11;1-2;;/h5-8H,3-4H2,1-2H3;1-2H3;1H4;1H2. The van der Waals surface area contributed by atoms with Crippen molar-refractivity contribution in [3.05, 3.63) is 34.9 Å². The van der Waals surface area contributed by atoms with Gasteiger partial charge in [-0.25, -0.2) is 0 Å². The Morgan fingerprint density at radius 2 is 1.88 bits per heavy atom. The van der Waals surface area contributed by atoms with E-state index < -0.39 is 0 Å². The van der Waals surface area contributed by atoms with Crippen LogP contribution in [0.3, 0.4) is 0 Å². The zero-order chi connectivity index (χ0) is 11.4. The minimum absolute atomic E-state index is 0. The van der Waals surface area contributed by atoms with Crippen LogP contribution in [0.25, 0.3) is 0 Å². The third-order valence-electron chi connectivity index (χ3n) is 2.93. The number of hydrogen-bond acceptors (Lipinski definition) is 1. The number of ketones is 1. The second-order valence-corrected chi connectivity index (χ2v) is 3.91. The van der Waals surface area contributed by atoms with Gasteiger partial charge in [0, 0.05) is 5.56 Å². The lowest BCUT2D eigenvalue weighted by molar-refractivity contribution is 0.101. The molecule has 1 unspecified atom stereocenters. The largest absolute Gasteiger partial charge is 0.412 e. The van der Waals surface area contributed by atoms with Gasteiger partial charge in [-0.1, -0.05) is 40.3 Å². The van der Waals surface area contributed by atoms with E-state index in [0.717, 1.165) is 12.0 Å². The quantitative estimate of drug-likeness (QED) is 0.687. The van der Waals surface area contributed by atoms with Crippen molar-refractivity contribution in [1.29, 1.82) is 0 Å². The zero-order valence-corrected chi connectivity index (χ0v) is 10.6. The fraction of sp³-hybridized carbons (Fsp3) is 0.533. The molecule has 1 aliphatic carbocycles. The Bertz CT molecular complexity index is 356. The molecule has 17 heavy (non-hydrogen) atoms. The molecule has 0 amide bonds. The molecule has 0 saturated carbocycles. The van der Waals surface area contributed by atoms with E-state index in [9.17, 15) is 4.79 Å². The van der Waals surface area contributed by atoms with E-state index in [2.05, 4.69) is 19.1 Å². The molecule has 2 nitrogen and oxygen atoms in total. The summed E-state index contributed by atoms with van der Waals surface area (Å²) in [4.78, 5) is 11.1. The molecule has 0 radical (unpaired) electrons. The molecule has 98 valence electrons. The third-order valence-corrected chi connectivity index (χ3v) is 2.93. The second kappa shape index (κ2) is 8.02. The Balaban J connectivity index is 0. The first-order valence-corrected chi connectivity index (χ1v) is 5.82. The third kappa shape index (κ3) is 3.97. The molecular formula is C15H26O2. The van der Waals surface area contributed by atoms with E-state index in [-0.39, 0.29) is 18.7 Å². The zero-order valence-electron chi connectivity index (χ0n) is 10.6. The van der Waals surface area contributed by atoms with Crippen molar-refractivity contribution < 1.29 is 10.3 Å². The second-order valence-electron chi connectivity index (χ2n) is 3.91. The summed E-state index contributed by atoms with van der Waals surface area (Å²) in [5, 5.41) is 0. The number of rotatable bonds is 1. The molecule has 0 heterocycles. The summed E-state index contributed by atoms with van der Waals surface area (Å²) >= 11 is 0. The molecule has 2 N–H and O–H groups in total. The molecule has 0 bridgehead atoms. The smallest absolute Gasteiger partial charge is 0.159 e. The summed E-state index contributed by atoms with van der Waals surface area (Å²) in [6, 6.07) is 6.12. The highest BCUT2D eigenvalue weighted by atomic mass is 16.1. The molecule has 0 saturated heterocycles. The van der Waals surface area contributed by atoms with Crippen LogP contribution in [0.15, 0.2) is 18.2 Å². The molecule has 2 rings (SSSR count). The summed E-state index contributed by atoms with van der Waals surface area (Å²) in [5.41, 5.74) is 3.66. The SMILES string of the molecule is C.CC.CC(=O)c1ccc2c(c1)CCC2C.O. The minimum atomic E-state index is 0. The van der Waals surface area contributed by atoms with Crippen LogP contribution in [-0.4, -0.2) is 11.3 Å². The van der Waals surface area contributed by atoms with Crippen molar-refractivity contribution in [2.75, 3.05) is 0 Å². The highest BCUT2D eigenvalue weighted by Crippen LogP contribution is 2.32. The fourth-order valence-electron chi connectivity index (χ4n) is 2.05. The van der Waals surface area contributed by atoms with Crippen LogP contribution in [0, 0.1) is 0 Å². The number of benzene rings is 1. The molecule has 2 heteroatoms. The van der Waals surface area contributed by atoms with Crippen molar-refractivity contribution in [2.24, 2.45) is 0 Å². The van der Waals surface area contributed by atoms with Gasteiger partial charge in [-0.05, 0) is 42.9 Å². The highest BCUT2D eigenvalue weighted by molar-refractivity contribution is 5.94. The van der Waals surface area contributed by atoms with Gasteiger partial charge in [-0.15, -0.1) is 0 Å². The Hall–Kier alpha value is -1.15. The Morgan fingerprint density at radius 1 is 1.29 bits per heavy atom. The summed E-state index contributed by atoms with van der Waals surface area (Å²) < 4.78 is 0. The van der Waals surface area contributed by atoms with Crippen molar-refractivity contribution in [1.82, 2.24) is 0 Å². The Labute approximate surface area is 105 Å². The number of aryl methyl sites for hydroxylation is 1. The minimum Gasteiger partial charge on any atom is -0.412 e. The van der Waals surface area contributed by atoms with Gasteiger partial charge in [0.25, 0.3) is 0 Å². The predicted octanol–water partition coefficient (Wildman–Crippen LogP) is 3.78. The Kier molecular flexibility index (Phi) is 8.59. The lowest BCUT2D eigenvalue weighted by Crippen LogP contribution is -1.94. The van der Waals surface area contributed by atoms with Gasteiger partial charge >= 0.3 is 0 Å². The van der Waals surface area contributed by atoms with Gasteiger partial charge in [0.1, 0.15) is 0 Å². The van der Waals surface area contributed by atoms with E-state index >= 15 is 0 Å². The molecule has 0 fully saturated rings.